The van der Waals surface area contributed by atoms with Gasteiger partial charge in [0.1, 0.15) is 5.56 Å². The molecule has 22 heavy (non-hydrogen) atoms. The lowest BCUT2D eigenvalue weighted by Crippen LogP contribution is -2.27. The zero-order valence-corrected chi connectivity index (χ0v) is 13.9. The first-order valence-corrected chi connectivity index (χ1v) is 7.56. The highest BCUT2D eigenvalue weighted by molar-refractivity contribution is 9.10. The Bertz CT molecular complexity index is 736. The fraction of sp³-hybridized carbons (Fsp3) is 0.133. The monoisotopic (exact) mass is 382 g/mol. The van der Waals surface area contributed by atoms with Crippen molar-refractivity contribution in [3.63, 3.8) is 0 Å². The summed E-state index contributed by atoms with van der Waals surface area (Å²) in [5, 5.41) is 14.0. The number of hydrogen-bond acceptors (Lipinski definition) is 3. The molecule has 1 atom stereocenters. The van der Waals surface area contributed by atoms with Gasteiger partial charge in [-0.25, -0.2) is 0 Å². The summed E-state index contributed by atoms with van der Waals surface area (Å²) in [6.45, 7) is 1.81. The third-order valence-corrected chi connectivity index (χ3v) is 4.08. The summed E-state index contributed by atoms with van der Waals surface area (Å²) in [7, 11) is 0. The van der Waals surface area contributed by atoms with Gasteiger partial charge in [-0.15, -0.1) is 0 Å². The maximum absolute atomic E-state index is 12.3. The van der Waals surface area contributed by atoms with Crippen LogP contribution in [0.4, 0.5) is 5.69 Å². The van der Waals surface area contributed by atoms with Gasteiger partial charge in [0.15, 0.2) is 0 Å². The highest BCUT2D eigenvalue weighted by atomic mass is 79.9. The molecule has 1 N–H and O–H groups in total. The van der Waals surface area contributed by atoms with E-state index >= 15 is 0 Å². The third-order valence-electron chi connectivity index (χ3n) is 3.12. The summed E-state index contributed by atoms with van der Waals surface area (Å²) in [6.07, 6.45) is 0. The number of nitrogens with one attached hydrogen (secondary N) is 1. The number of nitro groups is 1. The Kier molecular flexibility index (Phi) is 5.15. The molecule has 0 saturated heterocycles. The van der Waals surface area contributed by atoms with Crippen LogP contribution in [0.3, 0.4) is 0 Å². The minimum atomic E-state index is -0.621. The van der Waals surface area contributed by atoms with Crippen LogP contribution < -0.4 is 5.32 Å². The van der Waals surface area contributed by atoms with E-state index in [1.165, 1.54) is 18.2 Å². The SMILES string of the molecule is CC(NC(=O)c1ccc(Cl)cc1[N+](=O)[O-])c1ccccc1Br. The van der Waals surface area contributed by atoms with E-state index in [1.807, 2.05) is 24.3 Å². The summed E-state index contributed by atoms with van der Waals surface area (Å²) in [6, 6.07) is 11.1. The molecule has 1 amide bonds. The predicted molar refractivity (Wildman–Crippen MR) is 88.1 cm³/mol. The third kappa shape index (κ3) is 3.64. The van der Waals surface area contributed by atoms with Crippen LogP contribution in [0, 0.1) is 10.1 Å². The molecule has 0 spiro atoms. The number of rotatable bonds is 4. The topological polar surface area (TPSA) is 72.2 Å². The lowest BCUT2D eigenvalue weighted by molar-refractivity contribution is -0.385. The van der Waals surface area contributed by atoms with Crippen LogP contribution in [0.25, 0.3) is 0 Å². The normalized spacial score (nSPS) is 11.8. The molecule has 0 aliphatic carbocycles. The lowest BCUT2D eigenvalue weighted by Gasteiger charge is -2.16. The maximum atomic E-state index is 12.3. The van der Waals surface area contributed by atoms with E-state index in [-0.39, 0.29) is 22.3 Å². The number of carbonyl (C=O) groups excluding carboxylic acids is 1. The summed E-state index contributed by atoms with van der Waals surface area (Å²) in [4.78, 5) is 22.7. The van der Waals surface area contributed by atoms with Crippen molar-refractivity contribution in [1.82, 2.24) is 5.32 Å². The fourth-order valence-corrected chi connectivity index (χ4v) is 2.82. The highest BCUT2D eigenvalue weighted by Crippen LogP contribution is 2.26. The van der Waals surface area contributed by atoms with E-state index in [2.05, 4.69) is 21.2 Å². The molecule has 0 saturated carbocycles. The van der Waals surface area contributed by atoms with E-state index in [9.17, 15) is 14.9 Å². The largest absolute Gasteiger partial charge is 0.345 e. The van der Waals surface area contributed by atoms with Crippen LogP contribution in [-0.2, 0) is 0 Å². The van der Waals surface area contributed by atoms with Crippen molar-refractivity contribution in [3.8, 4) is 0 Å². The smallest absolute Gasteiger partial charge is 0.283 e. The Morgan fingerprint density at radius 1 is 1.32 bits per heavy atom. The van der Waals surface area contributed by atoms with Gasteiger partial charge < -0.3 is 5.32 Å². The summed E-state index contributed by atoms with van der Waals surface area (Å²) >= 11 is 9.16. The molecule has 1 unspecified atom stereocenters. The minimum absolute atomic E-state index is 0.0201. The van der Waals surface area contributed by atoms with Crippen LogP contribution in [0.2, 0.25) is 5.02 Å². The Labute approximate surface area is 140 Å². The van der Waals surface area contributed by atoms with E-state index in [0.29, 0.717) is 0 Å². The molecule has 0 fully saturated rings. The number of halogens is 2. The van der Waals surface area contributed by atoms with Gasteiger partial charge >= 0.3 is 0 Å². The number of carbonyl (C=O) groups is 1. The van der Waals surface area contributed by atoms with E-state index in [1.54, 1.807) is 6.92 Å². The van der Waals surface area contributed by atoms with Crippen LogP contribution in [-0.4, -0.2) is 10.8 Å². The zero-order chi connectivity index (χ0) is 16.3. The van der Waals surface area contributed by atoms with E-state index in [4.69, 9.17) is 11.6 Å². The van der Waals surface area contributed by atoms with E-state index < -0.39 is 10.8 Å². The van der Waals surface area contributed by atoms with Crippen molar-refractivity contribution < 1.29 is 9.72 Å². The van der Waals surface area contributed by atoms with Gasteiger partial charge in [0.25, 0.3) is 11.6 Å². The molecular weight excluding hydrogens is 372 g/mol. The Morgan fingerprint density at radius 2 is 2.00 bits per heavy atom. The van der Waals surface area contributed by atoms with Crippen molar-refractivity contribution >= 4 is 39.1 Å². The van der Waals surface area contributed by atoms with Gasteiger partial charge in [-0.1, -0.05) is 45.7 Å². The molecule has 2 aromatic rings. The molecule has 5 nitrogen and oxygen atoms in total. The first kappa shape index (κ1) is 16.5. The number of amides is 1. The molecule has 0 heterocycles. The van der Waals surface area contributed by atoms with Gasteiger partial charge in [-0.2, -0.15) is 0 Å². The molecule has 0 aliphatic heterocycles. The summed E-state index contributed by atoms with van der Waals surface area (Å²) in [5.74, 6) is -0.522. The molecule has 2 aromatic carbocycles. The molecule has 0 radical (unpaired) electrons. The van der Waals surface area contributed by atoms with Gasteiger partial charge in [0.05, 0.1) is 11.0 Å². The second-order valence-electron chi connectivity index (χ2n) is 4.64. The second-order valence-corrected chi connectivity index (χ2v) is 5.93. The summed E-state index contributed by atoms with van der Waals surface area (Å²) < 4.78 is 0.855. The first-order valence-electron chi connectivity index (χ1n) is 6.39. The molecule has 7 heteroatoms. The van der Waals surface area contributed by atoms with Crippen molar-refractivity contribution in [2.45, 2.75) is 13.0 Å². The minimum Gasteiger partial charge on any atom is -0.345 e. The number of nitro benzene ring substituents is 1. The van der Waals surface area contributed by atoms with Gasteiger partial charge in [-0.3, -0.25) is 14.9 Å². The van der Waals surface area contributed by atoms with Crippen molar-refractivity contribution in [2.75, 3.05) is 0 Å². The molecule has 2 rings (SSSR count). The zero-order valence-electron chi connectivity index (χ0n) is 11.5. The fourth-order valence-electron chi connectivity index (χ4n) is 2.03. The van der Waals surface area contributed by atoms with Crippen LogP contribution in [0.15, 0.2) is 46.9 Å². The van der Waals surface area contributed by atoms with Crippen molar-refractivity contribution in [3.05, 3.63) is 73.2 Å². The molecule has 0 bridgehead atoms. The van der Waals surface area contributed by atoms with Crippen molar-refractivity contribution in [1.29, 1.82) is 0 Å². The lowest BCUT2D eigenvalue weighted by atomic mass is 10.1. The number of benzene rings is 2. The number of nitrogens with zero attached hydrogens (tertiary/aromatic N) is 1. The van der Waals surface area contributed by atoms with Gasteiger partial charge in [0.2, 0.25) is 0 Å². The summed E-state index contributed by atoms with van der Waals surface area (Å²) in [5.41, 5.74) is 0.546. The second kappa shape index (κ2) is 6.89. The van der Waals surface area contributed by atoms with Crippen LogP contribution >= 0.6 is 27.5 Å². The quantitative estimate of drug-likeness (QED) is 0.624. The molecule has 114 valence electrons. The van der Waals surface area contributed by atoms with Gasteiger partial charge in [0, 0.05) is 15.6 Å². The average molecular weight is 384 g/mol. The Balaban J connectivity index is 2.26. The van der Waals surface area contributed by atoms with Crippen LogP contribution in [0.1, 0.15) is 28.9 Å². The maximum Gasteiger partial charge on any atom is 0.283 e. The average Bonchev–Trinajstić information content (AvgIpc) is 2.47. The Morgan fingerprint density at radius 3 is 2.64 bits per heavy atom. The predicted octanol–water partition coefficient (Wildman–Crippen LogP) is 4.50. The van der Waals surface area contributed by atoms with Crippen molar-refractivity contribution in [2.24, 2.45) is 0 Å². The van der Waals surface area contributed by atoms with Gasteiger partial charge in [-0.05, 0) is 30.7 Å². The number of hydrogen-bond donors (Lipinski definition) is 1. The van der Waals surface area contributed by atoms with Crippen LogP contribution in [0.5, 0.6) is 0 Å². The molecule has 0 aromatic heterocycles. The van der Waals surface area contributed by atoms with E-state index in [0.717, 1.165) is 10.0 Å². The highest BCUT2D eigenvalue weighted by Gasteiger charge is 2.22. The molecular formula is C15H12BrClN2O3. The Hall–Kier alpha value is -1.92. The standard InChI is InChI=1S/C15H12BrClN2O3/c1-9(11-4-2-3-5-13(11)16)18-15(20)12-7-6-10(17)8-14(12)19(21)22/h2-9H,1H3,(H,18,20). The first-order chi connectivity index (χ1) is 10.4. The molecule has 0 aliphatic rings.